The van der Waals surface area contributed by atoms with E-state index in [9.17, 15) is 4.39 Å². The average molecular weight is 254 g/mol. The van der Waals surface area contributed by atoms with E-state index in [1.165, 1.54) is 25.1 Å². The Morgan fingerprint density at radius 1 is 1.56 bits per heavy atom. The lowest BCUT2D eigenvalue weighted by atomic mass is 10.0. The number of piperidine rings is 1. The number of hydrogen-bond donors (Lipinski definition) is 1. The number of ether oxygens (including phenoxy) is 1. The lowest BCUT2D eigenvalue weighted by Gasteiger charge is -2.31. The van der Waals surface area contributed by atoms with Crippen LogP contribution in [0.3, 0.4) is 0 Å². The van der Waals surface area contributed by atoms with Crippen molar-refractivity contribution in [3.8, 4) is 5.88 Å². The smallest absolute Gasteiger partial charge is 0.250 e. The fraction of sp³-hybridized carbons (Fsp3) is 0.615. The van der Waals surface area contributed by atoms with Crippen LogP contribution in [0.5, 0.6) is 5.88 Å². The minimum Gasteiger partial charge on any atom is -0.474 e. The molecule has 1 fully saturated rings. The molecule has 5 heteroatoms. The predicted molar refractivity (Wildman–Crippen MR) is 65.9 cm³/mol. The van der Waals surface area contributed by atoms with Gasteiger partial charge in [0.05, 0.1) is 6.61 Å². The van der Waals surface area contributed by atoms with Gasteiger partial charge < -0.3 is 14.7 Å². The highest BCUT2D eigenvalue weighted by Gasteiger charge is 2.20. The number of pyridine rings is 1. The lowest BCUT2D eigenvalue weighted by Crippen LogP contribution is -2.40. The SMILES string of the molecule is CN1CCCCC1COc1nccc(CO)c1F. The molecule has 0 bridgehead atoms. The molecular formula is C13H19FN2O2. The fourth-order valence-corrected chi connectivity index (χ4v) is 2.21. The summed E-state index contributed by atoms with van der Waals surface area (Å²) in [6.07, 6.45) is 4.91. The van der Waals surface area contributed by atoms with Gasteiger partial charge in [0.1, 0.15) is 6.61 Å². The number of hydrogen-bond acceptors (Lipinski definition) is 4. The molecule has 100 valence electrons. The molecule has 1 saturated heterocycles. The van der Waals surface area contributed by atoms with Gasteiger partial charge in [0.25, 0.3) is 5.88 Å². The molecule has 0 spiro atoms. The third-order valence-corrected chi connectivity index (χ3v) is 3.44. The Morgan fingerprint density at radius 3 is 3.11 bits per heavy atom. The van der Waals surface area contributed by atoms with E-state index in [-0.39, 0.29) is 18.1 Å². The van der Waals surface area contributed by atoms with Gasteiger partial charge in [0.2, 0.25) is 0 Å². The molecule has 1 atom stereocenters. The molecule has 0 aliphatic carbocycles. The van der Waals surface area contributed by atoms with Crippen LogP contribution in [0.1, 0.15) is 24.8 Å². The zero-order valence-corrected chi connectivity index (χ0v) is 10.6. The quantitative estimate of drug-likeness (QED) is 0.886. The van der Waals surface area contributed by atoms with Gasteiger partial charge >= 0.3 is 0 Å². The molecule has 1 N–H and O–H groups in total. The normalized spacial score (nSPS) is 20.9. The summed E-state index contributed by atoms with van der Waals surface area (Å²) in [5.41, 5.74) is 0.219. The number of likely N-dealkylation sites (N-methyl/N-ethyl adjacent to an activating group) is 1. The molecule has 1 unspecified atom stereocenters. The first-order chi connectivity index (χ1) is 8.72. The summed E-state index contributed by atoms with van der Waals surface area (Å²) >= 11 is 0. The van der Waals surface area contributed by atoms with Crippen LogP contribution in [-0.2, 0) is 6.61 Å². The second kappa shape index (κ2) is 6.11. The van der Waals surface area contributed by atoms with Crippen LogP contribution in [0.25, 0.3) is 0 Å². The summed E-state index contributed by atoms with van der Waals surface area (Å²) in [4.78, 5) is 6.10. The van der Waals surface area contributed by atoms with Crippen molar-refractivity contribution in [2.24, 2.45) is 0 Å². The molecule has 0 aromatic carbocycles. The van der Waals surface area contributed by atoms with Crippen LogP contribution in [0, 0.1) is 5.82 Å². The summed E-state index contributed by atoms with van der Waals surface area (Å²) in [7, 11) is 2.06. The second-order valence-corrected chi connectivity index (χ2v) is 4.69. The molecule has 1 aliphatic heterocycles. The topological polar surface area (TPSA) is 45.6 Å². The zero-order chi connectivity index (χ0) is 13.0. The highest BCUT2D eigenvalue weighted by atomic mass is 19.1. The number of aliphatic hydroxyl groups excluding tert-OH is 1. The third kappa shape index (κ3) is 2.97. The number of aromatic nitrogens is 1. The van der Waals surface area contributed by atoms with E-state index >= 15 is 0 Å². The first kappa shape index (κ1) is 13.2. The first-order valence-corrected chi connectivity index (χ1v) is 6.29. The van der Waals surface area contributed by atoms with E-state index in [1.807, 2.05) is 0 Å². The average Bonchev–Trinajstić information content (AvgIpc) is 2.39. The van der Waals surface area contributed by atoms with Crippen LogP contribution in [0.15, 0.2) is 12.3 Å². The third-order valence-electron chi connectivity index (χ3n) is 3.44. The van der Waals surface area contributed by atoms with Gasteiger partial charge in [-0.05, 0) is 32.5 Å². The minimum absolute atomic E-state index is 0.0134. The molecule has 18 heavy (non-hydrogen) atoms. The number of nitrogens with zero attached hydrogens (tertiary/aromatic N) is 2. The molecule has 0 amide bonds. The van der Waals surface area contributed by atoms with E-state index in [0.29, 0.717) is 12.6 Å². The summed E-state index contributed by atoms with van der Waals surface area (Å²) in [5.74, 6) is -0.570. The highest BCUT2D eigenvalue weighted by Crippen LogP contribution is 2.20. The lowest BCUT2D eigenvalue weighted by molar-refractivity contribution is 0.119. The maximum atomic E-state index is 13.8. The van der Waals surface area contributed by atoms with Crippen molar-refractivity contribution in [3.63, 3.8) is 0 Å². The number of halogens is 1. The maximum Gasteiger partial charge on any atom is 0.250 e. The van der Waals surface area contributed by atoms with Crippen molar-refractivity contribution in [2.75, 3.05) is 20.2 Å². The number of rotatable bonds is 4. The van der Waals surface area contributed by atoms with Gasteiger partial charge in [-0.3, -0.25) is 0 Å². The number of likely N-dealkylation sites (tertiary alicyclic amines) is 1. The van der Waals surface area contributed by atoms with Crippen LogP contribution < -0.4 is 4.74 Å². The number of aliphatic hydroxyl groups is 1. The molecule has 4 nitrogen and oxygen atoms in total. The summed E-state index contributed by atoms with van der Waals surface area (Å²) < 4.78 is 19.2. The molecule has 0 saturated carbocycles. The minimum atomic E-state index is -0.557. The Morgan fingerprint density at radius 2 is 2.39 bits per heavy atom. The molecule has 2 rings (SSSR count). The Hall–Kier alpha value is -1.20. The molecule has 1 aromatic rings. The van der Waals surface area contributed by atoms with Gasteiger partial charge in [-0.15, -0.1) is 0 Å². The summed E-state index contributed by atoms with van der Waals surface area (Å²) in [6.45, 7) is 1.16. The molecule has 2 heterocycles. The van der Waals surface area contributed by atoms with Gasteiger partial charge in [-0.25, -0.2) is 9.37 Å². The van der Waals surface area contributed by atoms with Crippen molar-refractivity contribution in [1.82, 2.24) is 9.88 Å². The molecule has 1 aromatic heterocycles. The monoisotopic (exact) mass is 254 g/mol. The summed E-state index contributed by atoms with van der Waals surface area (Å²) in [6, 6.07) is 1.77. The summed E-state index contributed by atoms with van der Waals surface area (Å²) in [5, 5.41) is 8.97. The van der Waals surface area contributed by atoms with Gasteiger partial charge in [-0.1, -0.05) is 6.42 Å². The van der Waals surface area contributed by atoms with Crippen molar-refractivity contribution < 1.29 is 14.2 Å². The van der Waals surface area contributed by atoms with E-state index in [0.717, 1.165) is 13.0 Å². The first-order valence-electron chi connectivity index (χ1n) is 6.29. The van der Waals surface area contributed by atoms with Gasteiger partial charge in [0, 0.05) is 17.8 Å². The predicted octanol–water partition coefficient (Wildman–Crippen LogP) is 1.58. The molecule has 1 aliphatic rings. The van der Waals surface area contributed by atoms with E-state index in [1.54, 1.807) is 0 Å². The van der Waals surface area contributed by atoms with Crippen LogP contribution in [0.2, 0.25) is 0 Å². The fourth-order valence-electron chi connectivity index (χ4n) is 2.21. The standard InChI is InChI=1S/C13H19FN2O2/c1-16-7-3-2-4-11(16)9-18-13-12(14)10(8-17)5-6-15-13/h5-6,11,17H,2-4,7-9H2,1H3. The Kier molecular flexibility index (Phi) is 4.49. The van der Waals surface area contributed by atoms with E-state index < -0.39 is 5.82 Å². The zero-order valence-electron chi connectivity index (χ0n) is 10.6. The Bertz CT molecular complexity index is 401. The van der Waals surface area contributed by atoms with Crippen molar-refractivity contribution in [1.29, 1.82) is 0 Å². The molecule has 0 radical (unpaired) electrons. The van der Waals surface area contributed by atoms with Crippen molar-refractivity contribution >= 4 is 0 Å². The largest absolute Gasteiger partial charge is 0.474 e. The van der Waals surface area contributed by atoms with Gasteiger partial charge in [0.15, 0.2) is 5.82 Å². The Balaban J connectivity index is 1.97. The maximum absolute atomic E-state index is 13.8. The van der Waals surface area contributed by atoms with Crippen molar-refractivity contribution in [2.45, 2.75) is 31.9 Å². The van der Waals surface area contributed by atoms with E-state index in [4.69, 9.17) is 9.84 Å². The van der Waals surface area contributed by atoms with Crippen LogP contribution in [0.4, 0.5) is 4.39 Å². The van der Waals surface area contributed by atoms with Crippen LogP contribution >= 0.6 is 0 Å². The highest BCUT2D eigenvalue weighted by molar-refractivity contribution is 5.22. The van der Waals surface area contributed by atoms with E-state index in [2.05, 4.69) is 16.9 Å². The second-order valence-electron chi connectivity index (χ2n) is 4.69. The Labute approximate surface area is 106 Å². The molecular weight excluding hydrogens is 235 g/mol. The van der Waals surface area contributed by atoms with Crippen molar-refractivity contribution in [3.05, 3.63) is 23.6 Å². The van der Waals surface area contributed by atoms with Gasteiger partial charge in [-0.2, -0.15) is 0 Å². The van der Waals surface area contributed by atoms with Crippen LogP contribution in [-0.4, -0.2) is 41.2 Å².